The Hall–Kier alpha value is -0.290. The number of allylic oxidation sites excluding steroid dienone is 5. The summed E-state index contributed by atoms with van der Waals surface area (Å²) in [5, 5.41) is 14.7. The number of hydrogen-bond acceptors (Lipinski definition) is 3. The van der Waals surface area contributed by atoms with Crippen molar-refractivity contribution < 1.29 is 5.11 Å². The fourth-order valence-electron chi connectivity index (χ4n) is 2.36. The molecule has 2 rings (SSSR count). The van der Waals surface area contributed by atoms with Crippen LogP contribution in [-0.2, 0) is 0 Å². The van der Waals surface area contributed by atoms with E-state index in [-0.39, 0.29) is 0 Å². The second kappa shape index (κ2) is 9.26. The average Bonchev–Trinajstić information content (AvgIpc) is 2.46. The molecule has 3 atom stereocenters. The van der Waals surface area contributed by atoms with E-state index in [4.69, 9.17) is 46.4 Å². The molecule has 2 aliphatic carbocycles. The predicted molar refractivity (Wildman–Crippen MR) is 99.9 cm³/mol. The zero-order valence-electron chi connectivity index (χ0n) is 12.4. The normalized spacial score (nSPS) is 28.3. The summed E-state index contributed by atoms with van der Waals surface area (Å²) in [6, 6.07) is 0. The van der Waals surface area contributed by atoms with Crippen molar-refractivity contribution in [3.63, 3.8) is 0 Å². The summed E-state index contributed by atoms with van der Waals surface area (Å²) in [6.07, 6.45) is 8.70. The average molecular weight is 396 g/mol. The van der Waals surface area contributed by atoms with E-state index in [0.717, 1.165) is 24.5 Å². The van der Waals surface area contributed by atoms with E-state index in [1.807, 2.05) is 6.08 Å². The van der Waals surface area contributed by atoms with Gasteiger partial charge in [0.25, 0.3) is 0 Å². The molecule has 3 unspecified atom stereocenters. The lowest BCUT2D eigenvalue weighted by Crippen LogP contribution is -2.26. The summed E-state index contributed by atoms with van der Waals surface area (Å²) in [5.41, 5.74) is 0.622. The van der Waals surface area contributed by atoms with Gasteiger partial charge in [-0.25, -0.2) is 0 Å². The summed E-state index contributed by atoms with van der Waals surface area (Å²) in [6.45, 7) is 2.10. The molecule has 23 heavy (non-hydrogen) atoms. The summed E-state index contributed by atoms with van der Waals surface area (Å²) in [5.74, 6) is 0.299. The van der Waals surface area contributed by atoms with Crippen molar-refractivity contribution in [2.45, 2.75) is 17.9 Å². The molecule has 126 valence electrons. The highest BCUT2D eigenvalue weighted by Gasteiger charge is 2.22. The standard InChI is InChI=1S/C16H18Cl4N2O/c17-12-3-10(4-13(18)6-12)8-21-1-2-22-9-11-5-14(19)7-15(20)16(11)23/h3,5-7,9-10,15-16,21,23H,1-2,4,8H2/b22-9+. The monoisotopic (exact) mass is 394 g/mol. The van der Waals surface area contributed by atoms with E-state index < -0.39 is 11.5 Å². The summed E-state index contributed by atoms with van der Waals surface area (Å²) in [7, 11) is 0. The first kappa shape index (κ1) is 19.0. The van der Waals surface area contributed by atoms with Crippen molar-refractivity contribution >= 4 is 52.6 Å². The van der Waals surface area contributed by atoms with Crippen molar-refractivity contribution in [2.75, 3.05) is 19.6 Å². The third kappa shape index (κ3) is 6.26. The molecule has 2 N–H and O–H groups in total. The van der Waals surface area contributed by atoms with Gasteiger partial charge in [0.05, 0.1) is 11.9 Å². The van der Waals surface area contributed by atoms with E-state index in [2.05, 4.69) is 10.3 Å². The van der Waals surface area contributed by atoms with Crippen LogP contribution in [0.25, 0.3) is 0 Å². The zero-order valence-corrected chi connectivity index (χ0v) is 15.4. The highest BCUT2D eigenvalue weighted by atomic mass is 35.5. The fraction of sp³-hybridized carbons (Fsp3) is 0.438. The topological polar surface area (TPSA) is 44.6 Å². The predicted octanol–water partition coefficient (Wildman–Crippen LogP) is 3.94. The van der Waals surface area contributed by atoms with E-state index in [0.29, 0.717) is 28.1 Å². The van der Waals surface area contributed by atoms with E-state index >= 15 is 0 Å². The summed E-state index contributed by atoms with van der Waals surface area (Å²) < 4.78 is 0. The van der Waals surface area contributed by atoms with Gasteiger partial charge in [0.1, 0.15) is 6.10 Å². The van der Waals surface area contributed by atoms with Gasteiger partial charge >= 0.3 is 0 Å². The minimum absolute atomic E-state index is 0.299. The minimum atomic E-state index is -0.778. The molecule has 0 aromatic rings. The van der Waals surface area contributed by atoms with Crippen molar-refractivity contribution in [1.29, 1.82) is 0 Å². The molecule has 0 aromatic carbocycles. The molecule has 0 heterocycles. The number of alkyl halides is 1. The van der Waals surface area contributed by atoms with Gasteiger partial charge in [-0.1, -0.05) is 40.9 Å². The van der Waals surface area contributed by atoms with Crippen LogP contribution in [0.4, 0.5) is 0 Å². The lowest BCUT2D eigenvalue weighted by molar-refractivity contribution is 0.222. The molecule has 0 saturated heterocycles. The fourth-order valence-corrected chi connectivity index (χ4v) is 3.65. The Morgan fingerprint density at radius 3 is 2.70 bits per heavy atom. The first-order valence-electron chi connectivity index (χ1n) is 7.30. The lowest BCUT2D eigenvalue weighted by atomic mass is 10.0. The van der Waals surface area contributed by atoms with Gasteiger partial charge in [0.15, 0.2) is 0 Å². The van der Waals surface area contributed by atoms with Gasteiger partial charge in [0, 0.05) is 40.0 Å². The van der Waals surface area contributed by atoms with Crippen LogP contribution in [0.2, 0.25) is 0 Å². The lowest BCUT2D eigenvalue weighted by Gasteiger charge is -2.19. The highest BCUT2D eigenvalue weighted by Crippen LogP contribution is 2.26. The number of aliphatic imine (C=N–C) groups is 1. The van der Waals surface area contributed by atoms with Gasteiger partial charge in [-0.3, -0.25) is 4.99 Å². The van der Waals surface area contributed by atoms with Gasteiger partial charge < -0.3 is 10.4 Å². The van der Waals surface area contributed by atoms with Crippen LogP contribution < -0.4 is 5.32 Å². The number of nitrogens with one attached hydrogen (secondary N) is 1. The Morgan fingerprint density at radius 1 is 1.22 bits per heavy atom. The summed E-state index contributed by atoms with van der Waals surface area (Å²) >= 11 is 23.9. The molecule has 2 aliphatic rings. The molecule has 7 heteroatoms. The van der Waals surface area contributed by atoms with Crippen LogP contribution in [-0.4, -0.2) is 42.4 Å². The van der Waals surface area contributed by atoms with Crippen LogP contribution in [0, 0.1) is 5.92 Å². The molecular weight excluding hydrogens is 378 g/mol. The van der Waals surface area contributed by atoms with Crippen LogP contribution in [0.3, 0.4) is 0 Å². The molecule has 0 amide bonds. The quantitative estimate of drug-likeness (QED) is 0.406. The molecular formula is C16H18Cl4N2O. The van der Waals surface area contributed by atoms with Crippen LogP contribution >= 0.6 is 46.4 Å². The zero-order chi connectivity index (χ0) is 16.8. The number of aliphatic hydroxyl groups excluding tert-OH is 1. The van der Waals surface area contributed by atoms with Gasteiger partial charge in [-0.05, 0) is 30.6 Å². The van der Waals surface area contributed by atoms with Crippen molar-refractivity contribution in [3.8, 4) is 0 Å². The van der Waals surface area contributed by atoms with Gasteiger partial charge in [-0.15, -0.1) is 11.6 Å². The maximum atomic E-state index is 9.93. The van der Waals surface area contributed by atoms with Crippen molar-refractivity contribution in [2.24, 2.45) is 10.9 Å². The minimum Gasteiger partial charge on any atom is -0.386 e. The smallest absolute Gasteiger partial charge is 0.100 e. The van der Waals surface area contributed by atoms with Crippen molar-refractivity contribution in [1.82, 2.24) is 5.32 Å². The van der Waals surface area contributed by atoms with Crippen molar-refractivity contribution in [3.05, 3.63) is 45.0 Å². The Kier molecular flexibility index (Phi) is 7.67. The van der Waals surface area contributed by atoms with Crippen LogP contribution in [0.1, 0.15) is 6.42 Å². The second-order valence-corrected chi connectivity index (χ2v) is 7.29. The maximum absolute atomic E-state index is 9.93. The first-order chi connectivity index (χ1) is 11.0. The van der Waals surface area contributed by atoms with Crippen LogP contribution in [0.5, 0.6) is 0 Å². The number of rotatable bonds is 6. The molecule has 0 saturated carbocycles. The van der Waals surface area contributed by atoms with E-state index in [1.165, 1.54) is 0 Å². The SMILES string of the molecule is OC1C(/C=N/CCNCC2C=C(Cl)C=C(Cl)C2)=CC(Cl)=CC1Cl. The molecule has 0 spiro atoms. The summed E-state index contributed by atoms with van der Waals surface area (Å²) in [4.78, 5) is 4.29. The number of hydrogen-bond donors (Lipinski definition) is 2. The number of nitrogens with zero attached hydrogens (tertiary/aromatic N) is 1. The van der Waals surface area contributed by atoms with Gasteiger partial charge in [0.2, 0.25) is 0 Å². The molecule has 3 nitrogen and oxygen atoms in total. The van der Waals surface area contributed by atoms with Gasteiger partial charge in [-0.2, -0.15) is 0 Å². The van der Waals surface area contributed by atoms with E-state index in [1.54, 1.807) is 24.4 Å². The largest absolute Gasteiger partial charge is 0.386 e. The Labute approximate surface area is 156 Å². The Bertz CT molecular complexity index is 581. The van der Waals surface area contributed by atoms with E-state index in [9.17, 15) is 5.11 Å². The molecule has 0 radical (unpaired) electrons. The van der Waals surface area contributed by atoms with Crippen LogP contribution in [0.15, 0.2) is 50.0 Å². The first-order valence-corrected chi connectivity index (χ1v) is 8.87. The molecule has 0 aromatic heterocycles. The molecule has 0 fully saturated rings. The number of aliphatic hydroxyl groups is 1. The number of halogens is 4. The molecule has 0 aliphatic heterocycles. The maximum Gasteiger partial charge on any atom is 0.100 e. The third-order valence-electron chi connectivity index (χ3n) is 3.48. The molecule has 0 bridgehead atoms. The third-order valence-corrected chi connectivity index (χ3v) is 4.58. The second-order valence-electron chi connectivity index (χ2n) is 5.43. The Morgan fingerprint density at radius 2 is 1.96 bits per heavy atom. The highest BCUT2D eigenvalue weighted by molar-refractivity contribution is 6.35. The Balaban J connectivity index is 1.70.